The van der Waals surface area contributed by atoms with Crippen LogP contribution in [0.1, 0.15) is 31.4 Å². The van der Waals surface area contributed by atoms with Crippen LogP contribution in [0.3, 0.4) is 0 Å². The number of benzene rings is 1. The molecule has 0 spiro atoms. The van der Waals surface area contributed by atoms with E-state index in [4.69, 9.17) is 5.11 Å². The number of nitrogens with one attached hydrogen (secondary N) is 1. The van der Waals surface area contributed by atoms with Crippen LogP contribution >= 0.6 is 0 Å². The van der Waals surface area contributed by atoms with Crippen LogP contribution < -0.4 is 4.72 Å². The fraction of sp³-hybridized carbons (Fsp3) is 0.600. The molecular weight excluding hydrogens is 342 g/mol. The van der Waals surface area contributed by atoms with Gasteiger partial charge in [-0.15, -0.1) is 0 Å². The standard InChI is InChI=1S/C15H20F2N2O4S/c1-3-10(2)24(23)18-15(19(21)22)12-7-5-4-6-11(12)8-13(15)14(16,17)9-20/h4-7,10,13,18,20H,3,8-9H2,1-2H3/t10-,13?,15-,24?/m1/s1. The Kier molecular flexibility index (Phi) is 5.36. The molecule has 4 atom stereocenters. The number of fused-ring (bicyclic) bond motifs is 1. The molecule has 2 N–H and O–H groups in total. The van der Waals surface area contributed by atoms with Gasteiger partial charge in [0.2, 0.25) is 0 Å². The maximum atomic E-state index is 14.3. The van der Waals surface area contributed by atoms with Crippen molar-refractivity contribution in [3.05, 3.63) is 45.5 Å². The number of hydrogen-bond acceptors (Lipinski definition) is 4. The maximum absolute atomic E-state index is 14.3. The van der Waals surface area contributed by atoms with E-state index >= 15 is 0 Å². The number of halogens is 2. The predicted octanol–water partition coefficient (Wildman–Crippen LogP) is 1.97. The van der Waals surface area contributed by atoms with Crippen molar-refractivity contribution < 1.29 is 23.0 Å². The molecule has 0 amide bonds. The van der Waals surface area contributed by atoms with Crippen molar-refractivity contribution in [1.82, 2.24) is 4.72 Å². The Morgan fingerprint density at radius 1 is 1.54 bits per heavy atom. The first-order valence-electron chi connectivity index (χ1n) is 7.60. The van der Waals surface area contributed by atoms with E-state index in [0.29, 0.717) is 12.0 Å². The summed E-state index contributed by atoms with van der Waals surface area (Å²) < 4.78 is 43.4. The van der Waals surface area contributed by atoms with Gasteiger partial charge in [-0.05, 0) is 25.3 Å². The molecule has 24 heavy (non-hydrogen) atoms. The molecule has 1 aliphatic rings. The van der Waals surface area contributed by atoms with E-state index in [1.54, 1.807) is 19.9 Å². The first kappa shape index (κ1) is 18.9. The van der Waals surface area contributed by atoms with Crippen molar-refractivity contribution in [3.8, 4) is 0 Å². The summed E-state index contributed by atoms with van der Waals surface area (Å²) in [7, 11) is -1.89. The number of alkyl halides is 2. The van der Waals surface area contributed by atoms with Gasteiger partial charge in [0.25, 0.3) is 5.92 Å². The second-order valence-electron chi connectivity index (χ2n) is 5.97. The number of aliphatic hydroxyl groups is 1. The van der Waals surface area contributed by atoms with Gasteiger partial charge in [0, 0.05) is 15.7 Å². The van der Waals surface area contributed by atoms with Gasteiger partial charge in [0.15, 0.2) is 0 Å². The highest BCUT2D eigenvalue weighted by molar-refractivity contribution is 7.83. The van der Waals surface area contributed by atoms with Gasteiger partial charge in [0.1, 0.15) is 23.5 Å². The molecule has 0 aliphatic heterocycles. The Bertz CT molecular complexity index is 658. The smallest absolute Gasteiger partial charge is 0.320 e. The van der Waals surface area contributed by atoms with E-state index in [1.165, 1.54) is 18.2 Å². The molecule has 0 aromatic heterocycles. The van der Waals surface area contributed by atoms with Crippen molar-refractivity contribution in [2.45, 2.75) is 43.5 Å². The Balaban J connectivity index is 2.62. The third kappa shape index (κ3) is 2.96. The fourth-order valence-electron chi connectivity index (χ4n) is 2.98. The average Bonchev–Trinajstić information content (AvgIpc) is 2.90. The van der Waals surface area contributed by atoms with E-state index < -0.39 is 45.3 Å². The highest BCUT2D eigenvalue weighted by atomic mass is 32.2. The largest absolute Gasteiger partial charge is 0.390 e. The molecule has 0 saturated carbocycles. The maximum Gasteiger partial charge on any atom is 0.320 e. The molecule has 134 valence electrons. The van der Waals surface area contributed by atoms with Gasteiger partial charge in [-0.3, -0.25) is 10.1 Å². The molecule has 2 unspecified atom stereocenters. The lowest BCUT2D eigenvalue weighted by Gasteiger charge is -2.33. The first-order chi connectivity index (χ1) is 11.2. The molecule has 0 bridgehead atoms. The van der Waals surface area contributed by atoms with E-state index in [9.17, 15) is 23.1 Å². The van der Waals surface area contributed by atoms with Crippen molar-refractivity contribution in [1.29, 1.82) is 0 Å². The summed E-state index contributed by atoms with van der Waals surface area (Å²) in [5, 5.41) is 20.5. The molecule has 0 heterocycles. The molecule has 0 radical (unpaired) electrons. The summed E-state index contributed by atoms with van der Waals surface area (Å²) in [4.78, 5) is 11.1. The minimum absolute atomic E-state index is 0.0739. The third-order valence-corrected chi connectivity index (χ3v) is 6.14. The van der Waals surface area contributed by atoms with Crippen molar-refractivity contribution in [2.75, 3.05) is 6.61 Å². The van der Waals surface area contributed by atoms with Gasteiger partial charge in [-0.1, -0.05) is 31.2 Å². The first-order valence-corrected chi connectivity index (χ1v) is 8.82. The van der Waals surface area contributed by atoms with E-state index in [0.717, 1.165) is 0 Å². The molecule has 0 saturated heterocycles. The number of nitro groups is 1. The Hall–Kier alpha value is -1.45. The number of nitrogens with zero attached hydrogens (tertiary/aromatic N) is 1. The normalized spacial score (nSPS) is 26.0. The molecular formula is C15H20F2N2O4S. The lowest BCUT2D eigenvalue weighted by molar-refractivity contribution is -0.599. The molecule has 9 heteroatoms. The van der Waals surface area contributed by atoms with Crippen LogP contribution in [0.15, 0.2) is 24.3 Å². The summed E-state index contributed by atoms with van der Waals surface area (Å²) >= 11 is 0. The van der Waals surface area contributed by atoms with Crippen LogP contribution in [0.2, 0.25) is 0 Å². The van der Waals surface area contributed by atoms with E-state index in [1.807, 2.05) is 0 Å². The lowest BCUT2D eigenvalue weighted by Crippen LogP contribution is -2.59. The highest BCUT2D eigenvalue weighted by Gasteiger charge is 2.67. The number of hydrogen-bond donors (Lipinski definition) is 2. The SMILES string of the molecule is CC[C@@H](C)S(=O)N[C@@]1([N+](=O)[O-])c2ccccc2CC1C(F)(F)CO. The summed E-state index contributed by atoms with van der Waals surface area (Å²) in [6.45, 7) is 1.86. The van der Waals surface area contributed by atoms with Crippen molar-refractivity contribution in [3.63, 3.8) is 0 Å². The summed E-state index contributed by atoms with van der Waals surface area (Å²) in [5.41, 5.74) is -1.94. The quantitative estimate of drug-likeness (QED) is 0.441. The molecule has 1 aromatic carbocycles. The van der Waals surface area contributed by atoms with Crippen LogP contribution in [-0.2, 0) is 23.1 Å². The average molecular weight is 362 g/mol. The van der Waals surface area contributed by atoms with Gasteiger partial charge < -0.3 is 5.11 Å². The highest BCUT2D eigenvalue weighted by Crippen LogP contribution is 2.49. The molecule has 1 aliphatic carbocycles. The van der Waals surface area contributed by atoms with Gasteiger partial charge in [-0.25, -0.2) is 13.0 Å². The summed E-state index contributed by atoms with van der Waals surface area (Å²) in [6.07, 6.45) is 0.186. The Morgan fingerprint density at radius 3 is 2.71 bits per heavy atom. The monoisotopic (exact) mass is 362 g/mol. The molecule has 1 aromatic rings. The van der Waals surface area contributed by atoms with E-state index in [2.05, 4.69) is 4.72 Å². The van der Waals surface area contributed by atoms with Crippen LogP contribution in [-0.4, -0.2) is 32.0 Å². The Labute approximate surface area is 141 Å². The fourth-order valence-corrected chi connectivity index (χ4v) is 4.12. The number of rotatable bonds is 7. The summed E-state index contributed by atoms with van der Waals surface area (Å²) in [5.74, 6) is -5.53. The van der Waals surface area contributed by atoms with Gasteiger partial charge in [-0.2, -0.15) is 4.72 Å². The van der Waals surface area contributed by atoms with Gasteiger partial charge >= 0.3 is 5.66 Å². The zero-order chi connectivity index (χ0) is 18.1. The minimum Gasteiger partial charge on any atom is -0.390 e. The van der Waals surface area contributed by atoms with Crippen molar-refractivity contribution >= 4 is 11.0 Å². The molecule has 6 nitrogen and oxygen atoms in total. The zero-order valence-electron chi connectivity index (χ0n) is 13.4. The van der Waals surface area contributed by atoms with Gasteiger partial charge in [0.05, 0.1) is 0 Å². The zero-order valence-corrected chi connectivity index (χ0v) is 14.2. The molecule has 2 rings (SSSR count). The Morgan fingerprint density at radius 2 is 2.17 bits per heavy atom. The van der Waals surface area contributed by atoms with Crippen molar-refractivity contribution in [2.24, 2.45) is 5.92 Å². The third-order valence-electron chi connectivity index (χ3n) is 4.56. The lowest BCUT2D eigenvalue weighted by atomic mass is 9.88. The van der Waals surface area contributed by atoms with Crippen LogP contribution in [0.25, 0.3) is 0 Å². The van der Waals surface area contributed by atoms with Crippen LogP contribution in [0.5, 0.6) is 0 Å². The summed E-state index contributed by atoms with van der Waals surface area (Å²) in [6, 6.07) is 6.06. The van der Waals surface area contributed by atoms with Crippen LogP contribution in [0, 0.1) is 16.0 Å². The van der Waals surface area contributed by atoms with Crippen LogP contribution in [0.4, 0.5) is 8.78 Å². The second-order valence-corrected chi connectivity index (χ2v) is 7.58. The predicted molar refractivity (Wildman–Crippen MR) is 85.4 cm³/mol. The van der Waals surface area contributed by atoms with E-state index in [-0.39, 0.29) is 12.0 Å². The number of aliphatic hydroxyl groups excluding tert-OH is 1. The molecule has 0 fully saturated rings. The minimum atomic E-state index is -3.70. The second kappa shape index (κ2) is 6.81. The topological polar surface area (TPSA) is 92.5 Å².